The summed E-state index contributed by atoms with van der Waals surface area (Å²) in [6, 6.07) is 0.272. The molecule has 4 nitrogen and oxygen atoms in total. The molecule has 1 aliphatic carbocycles. The van der Waals surface area contributed by atoms with Crippen LogP contribution >= 0.6 is 0 Å². The molecule has 0 saturated heterocycles. The van der Waals surface area contributed by atoms with Crippen LogP contribution in [0.5, 0.6) is 0 Å². The fourth-order valence-electron chi connectivity index (χ4n) is 2.09. The van der Waals surface area contributed by atoms with Crippen molar-refractivity contribution in [2.45, 2.75) is 44.6 Å². The highest BCUT2D eigenvalue weighted by molar-refractivity contribution is 5.93. The highest BCUT2D eigenvalue weighted by Gasteiger charge is 2.19. The SMILES string of the molecule is CN(C(=O)/C=C/C(=O)O)C1CCCCCC1. The highest BCUT2D eigenvalue weighted by Crippen LogP contribution is 2.21. The van der Waals surface area contributed by atoms with Gasteiger partial charge in [0.25, 0.3) is 0 Å². The van der Waals surface area contributed by atoms with Crippen molar-refractivity contribution in [3.05, 3.63) is 12.2 Å². The van der Waals surface area contributed by atoms with Crippen molar-refractivity contribution in [1.29, 1.82) is 0 Å². The molecule has 0 aromatic rings. The summed E-state index contributed by atoms with van der Waals surface area (Å²) in [5.41, 5.74) is 0. The van der Waals surface area contributed by atoms with Gasteiger partial charge in [-0.15, -0.1) is 0 Å². The number of hydrogen-bond acceptors (Lipinski definition) is 2. The summed E-state index contributed by atoms with van der Waals surface area (Å²) in [7, 11) is 1.75. The Morgan fingerprint density at radius 1 is 1.12 bits per heavy atom. The lowest BCUT2D eigenvalue weighted by atomic mass is 10.1. The first-order valence-electron chi connectivity index (χ1n) is 5.79. The Balaban J connectivity index is 2.51. The van der Waals surface area contributed by atoms with Gasteiger partial charge in [0, 0.05) is 25.2 Å². The van der Waals surface area contributed by atoms with Gasteiger partial charge in [0.15, 0.2) is 0 Å². The molecule has 1 aliphatic rings. The predicted molar refractivity (Wildman–Crippen MR) is 61.0 cm³/mol. The maximum atomic E-state index is 11.6. The minimum Gasteiger partial charge on any atom is -0.478 e. The summed E-state index contributed by atoms with van der Waals surface area (Å²) in [5.74, 6) is -1.29. The standard InChI is InChI=1S/C12H19NO3/c1-13(11(14)8-9-12(15)16)10-6-4-2-3-5-7-10/h8-10H,2-7H2,1H3,(H,15,16)/b9-8+. The maximum absolute atomic E-state index is 11.6. The zero-order valence-electron chi connectivity index (χ0n) is 9.69. The summed E-state index contributed by atoms with van der Waals surface area (Å²) in [5, 5.41) is 8.44. The Morgan fingerprint density at radius 3 is 2.19 bits per heavy atom. The number of carboxylic acids is 1. The van der Waals surface area contributed by atoms with Crippen LogP contribution in [0.2, 0.25) is 0 Å². The fraction of sp³-hybridized carbons (Fsp3) is 0.667. The van der Waals surface area contributed by atoms with E-state index in [-0.39, 0.29) is 11.9 Å². The maximum Gasteiger partial charge on any atom is 0.328 e. The van der Waals surface area contributed by atoms with Crippen LogP contribution in [0.1, 0.15) is 38.5 Å². The van der Waals surface area contributed by atoms with Crippen molar-refractivity contribution in [2.75, 3.05) is 7.05 Å². The third kappa shape index (κ3) is 4.04. The predicted octanol–water partition coefficient (Wildman–Crippen LogP) is 1.81. The van der Waals surface area contributed by atoms with Gasteiger partial charge in [0.1, 0.15) is 0 Å². The zero-order valence-corrected chi connectivity index (χ0v) is 9.69. The van der Waals surface area contributed by atoms with Gasteiger partial charge >= 0.3 is 5.97 Å². The van der Waals surface area contributed by atoms with Crippen LogP contribution in [-0.2, 0) is 9.59 Å². The van der Waals surface area contributed by atoms with Crippen LogP contribution in [0.15, 0.2) is 12.2 Å². The van der Waals surface area contributed by atoms with Crippen LogP contribution in [0.3, 0.4) is 0 Å². The van der Waals surface area contributed by atoms with Gasteiger partial charge in [0.05, 0.1) is 0 Å². The lowest BCUT2D eigenvalue weighted by molar-refractivity contribution is -0.132. The van der Waals surface area contributed by atoms with Crippen molar-refractivity contribution in [1.82, 2.24) is 4.90 Å². The topological polar surface area (TPSA) is 57.6 Å². The molecule has 0 spiro atoms. The molecule has 1 N–H and O–H groups in total. The Labute approximate surface area is 95.9 Å². The van der Waals surface area contributed by atoms with Gasteiger partial charge in [-0.2, -0.15) is 0 Å². The fourth-order valence-corrected chi connectivity index (χ4v) is 2.09. The Hall–Kier alpha value is -1.32. The van der Waals surface area contributed by atoms with E-state index in [0.29, 0.717) is 0 Å². The molecule has 0 bridgehead atoms. The van der Waals surface area contributed by atoms with Crippen molar-refractivity contribution >= 4 is 11.9 Å². The molecule has 0 heterocycles. The highest BCUT2D eigenvalue weighted by atomic mass is 16.4. The number of likely N-dealkylation sites (N-methyl/N-ethyl adjacent to an activating group) is 1. The number of aliphatic carboxylic acids is 1. The molecule has 4 heteroatoms. The molecule has 1 rings (SSSR count). The molecular formula is C12H19NO3. The second kappa shape index (κ2) is 6.30. The molecular weight excluding hydrogens is 206 g/mol. The average Bonchev–Trinajstić information content (AvgIpc) is 2.53. The minimum absolute atomic E-state index is 0.214. The quantitative estimate of drug-likeness (QED) is 0.588. The minimum atomic E-state index is -1.08. The van der Waals surface area contributed by atoms with Crippen molar-refractivity contribution < 1.29 is 14.7 Å². The van der Waals surface area contributed by atoms with Gasteiger partial charge in [-0.05, 0) is 12.8 Å². The van der Waals surface area contributed by atoms with E-state index in [2.05, 4.69) is 0 Å². The van der Waals surface area contributed by atoms with Crippen molar-refractivity contribution in [3.63, 3.8) is 0 Å². The summed E-state index contributed by atoms with van der Waals surface area (Å²) >= 11 is 0. The number of nitrogens with zero attached hydrogens (tertiary/aromatic N) is 1. The van der Waals surface area contributed by atoms with E-state index >= 15 is 0 Å². The van der Waals surface area contributed by atoms with E-state index in [0.717, 1.165) is 37.8 Å². The van der Waals surface area contributed by atoms with E-state index in [4.69, 9.17) is 5.11 Å². The third-order valence-electron chi connectivity index (χ3n) is 3.09. The van der Waals surface area contributed by atoms with Crippen LogP contribution < -0.4 is 0 Å². The lowest BCUT2D eigenvalue weighted by Crippen LogP contribution is -2.35. The molecule has 1 fully saturated rings. The first-order valence-corrected chi connectivity index (χ1v) is 5.79. The molecule has 0 radical (unpaired) electrons. The van der Waals surface area contributed by atoms with E-state index in [1.807, 2.05) is 0 Å². The normalized spacial score (nSPS) is 18.3. The van der Waals surface area contributed by atoms with E-state index < -0.39 is 5.97 Å². The Bertz CT molecular complexity index is 278. The molecule has 16 heavy (non-hydrogen) atoms. The van der Waals surface area contributed by atoms with Gasteiger partial charge in [-0.1, -0.05) is 25.7 Å². The van der Waals surface area contributed by atoms with Gasteiger partial charge in [-0.3, -0.25) is 4.79 Å². The number of hydrogen-bond donors (Lipinski definition) is 1. The van der Waals surface area contributed by atoms with Crippen LogP contribution in [0.25, 0.3) is 0 Å². The Kier molecular flexibility index (Phi) is 5.02. The molecule has 90 valence electrons. The summed E-state index contributed by atoms with van der Waals surface area (Å²) in [4.78, 5) is 23.6. The Morgan fingerprint density at radius 2 is 1.69 bits per heavy atom. The summed E-state index contributed by atoms with van der Waals surface area (Å²) in [6.45, 7) is 0. The largest absolute Gasteiger partial charge is 0.478 e. The summed E-state index contributed by atoms with van der Waals surface area (Å²) < 4.78 is 0. The van der Waals surface area contributed by atoms with Crippen molar-refractivity contribution in [3.8, 4) is 0 Å². The molecule has 0 aliphatic heterocycles. The second-order valence-electron chi connectivity index (χ2n) is 4.27. The van der Waals surface area contributed by atoms with Gasteiger partial charge < -0.3 is 10.0 Å². The van der Waals surface area contributed by atoms with E-state index in [9.17, 15) is 9.59 Å². The second-order valence-corrected chi connectivity index (χ2v) is 4.27. The van der Waals surface area contributed by atoms with E-state index in [1.165, 1.54) is 12.8 Å². The lowest BCUT2D eigenvalue weighted by Gasteiger charge is -2.25. The zero-order chi connectivity index (χ0) is 12.0. The number of amides is 1. The monoisotopic (exact) mass is 225 g/mol. The first-order chi connectivity index (χ1) is 7.61. The van der Waals surface area contributed by atoms with E-state index in [1.54, 1.807) is 11.9 Å². The van der Waals surface area contributed by atoms with Crippen molar-refractivity contribution in [2.24, 2.45) is 0 Å². The molecule has 0 atom stereocenters. The number of rotatable bonds is 3. The van der Waals surface area contributed by atoms with Crippen LogP contribution in [-0.4, -0.2) is 35.0 Å². The van der Waals surface area contributed by atoms with Crippen LogP contribution in [0.4, 0.5) is 0 Å². The average molecular weight is 225 g/mol. The summed E-state index contributed by atoms with van der Waals surface area (Å²) in [6.07, 6.45) is 8.89. The van der Waals surface area contributed by atoms with Gasteiger partial charge in [0.2, 0.25) is 5.91 Å². The van der Waals surface area contributed by atoms with Gasteiger partial charge in [-0.25, -0.2) is 4.79 Å². The molecule has 1 amide bonds. The number of carbonyl (C=O) groups is 2. The number of carboxylic acid groups (broad SMARTS) is 1. The molecule has 1 saturated carbocycles. The molecule has 0 unspecified atom stereocenters. The number of carbonyl (C=O) groups excluding carboxylic acids is 1. The third-order valence-corrected chi connectivity index (χ3v) is 3.09. The first kappa shape index (κ1) is 12.7. The smallest absolute Gasteiger partial charge is 0.328 e. The van der Waals surface area contributed by atoms with Crippen LogP contribution in [0, 0.1) is 0 Å². The molecule has 0 aromatic carbocycles. The molecule has 0 aromatic heterocycles.